The summed E-state index contributed by atoms with van der Waals surface area (Å²) < 4.78 is 28.3. The van der Waals surface area contributed by atoms with Gasteiger partial charge in [-0.1, -0.05) is 24.6 Å². The molecule has 0 aliphatic rings. The van der Waals surface area contributed by atoms with Gasteiger partial charge in [0.05, 0.1) is 11.5 Å². The Morgan fingerprint density at radius 2 is 1.93 bits per heavy atom. The number of hydrogen-bond acceptors (Lipinski definition) is 3. The highest BCUT2D eigenvalue weighted by Crippen LogP contribution is 2.18. The quantitative estimate of drug-likeness (QED) is 0.743. The second kappa shape index (κ2) is 4.77. The molecule has 0 fully saturated rings. The van der Waals surface area contributed by atoms with Crippen LogP contribution in [0.15, 0.2) is 23.1 Å². The van der Waals surface area contributed by atoms with Crippen molar-refractivity contribution >= 4 is 10.1 Å². The molecule has 0 saturated carbocycles. The maximum atomic E-state index is 11.7. The first kappa shape index (κ1) is 12.2. The monoisotopic (exact) mass is 228 g/mol. The average Bonchev–Trinajstić information content (AvgIpc) is 2.14. The van der Waals surface area contributed by atoms with E-state index in [0.29, 0.717) is 6.42 Å². The van der Waals surface area contributed by atoms with E-state index in [4.69, 9.17) is 4.18 Å². The molecule has 1 rings (SSSR count). The minimum atomic E-state index is -3.57. The van der Waals surface area contributed by atoms with Crippen LogP contribution in [0.25, 0.3) is 0 Å². The zero-order valence-electron chi connectivity index (χ0n) is 9.28. The van der Waals surface area contributed by atoms with Crippen LogP contribution in [0.3, 0.4) is 0 Å². The number of aryl methyl sites for hydroxylation is 2. The molecule has 0 aliphatic heterocycles. The van der Waals surface area contributed by atoms with Gasteiger partial charge in [0, 0.05) is 0 Å². The van der Waals surface area contributed by atoms with Gasteiger partial charge in [-0.05, 0) is 31.9 Å². The summed E-state index contributed by atoms with van der Waals surface area (Å²) >= 11 is 0. The zero-order chi connectivity index (χ0) is 11.5. The van der Waals surface area contributed by atoms with Crippen LogP contribution in [0, 0.1) is 13.8 Å². The molecule has 0 N–H and O–H groups in total. The summed E-state index contributed by atoms with van der Waals surface area (Å²) in [4.78, 5) is 0.265. The zero-order valence-corrected chi connectivity index (χ0v) is 10.1. The van der Waals surface area contributed by atoms with Crippen molar-refractivity contribution < 1.29 is 12.6 Å². The normalized spacial score (nSPS) is 11.7. The van der Waals surface area contributed by atoms with Gasteiger partial charge in [-0.2, -0.15) is 8.42 Å². The van der Waals surface area contributed by atoms with Crippen LogP contribution >= 0.6 is 0 Å². The predicted octanol–water partition coefficient (Wildman–Crippen LogP) is 2.42. The van der Waals surface area contributed by atoms with Crippen molar-refractivity contribution in [3.63, 3.8) is 0 Å². The van der Waals surface area contributed by atoms with Gasteiger partial charge in [0.25, 0.3) is 10.1 Å². The summed E-state index contributed by atoms with van der Waals surface area (Å²) in [7, 11) is -3.57. The van der Waals surface area contributed by atoms with E-state index < -0.39 is 10.1 Å². The minimum Gasteiger partial charge on any atom is -0.266 e. The maximum Gasteiger partial charge on any atom is 0.297 e. The predicted molar refractivity (Wildman–Crippen MR) is 59.3 cm³/mol. The third kappa shape index (κ3) is 3.04. The minimum absolute atomic E-state index is 0.232. The fraction of sp³-hybridized carbons (Fsp3) is 0.455. The Bertz CT molecular complexity index is 435. The van der Waals surface area contributed by atoms with E-state index >= 15 is 0 Å². The molecule has 0 heterocycles. The Kier molecular flexibility index (Phi) is 3.88. The topological polar surface area (TPSA) is 43.4 Å². The number of benzene rings is 1. The van der Waals surface area contributed by atoms with Crippen LogP contribution in [-0.4, -0.2) is 15.0 Å². The highest BCUT2D eigenvalue weighted by Gasteiger charge is 2.16. The lowest BCUT2D eigenvalue weighted by molar-refractivity contribution is 0.318. The van der Waals surface area contributed by atoms with Gasteiger partial charge in [0.2, 0.25) is 0 Å². The summed E-state index contributed by atoms with van der Waals surface area (Å²) in [6, 6.07) is 5.20. The van der Waals surface area contributed by atoms with E-state index in [9.17, 15) is 8.42 Å². The molecule has 0 radical (unpaired) electrons. The van der Waals surface area contributed by atoms with Crippen molar-refractivity contribution in [3.05, 3.63) is 29.3 Å². The fourth-order valence-electron chi connectivity index (χ4n) is 1.34. The van der Waals surface area contributed by atoms with E-state index in [0.717, 1.165) is 11.1 Å². The van der Waals surface area contributed by atoms with E-state index in [2.05, 4.69) is 0 Å². The third-order valence-corrected chi connectivity index (χ3v) is 3.52. The number of rotatable bonds is 4. The first-order chi connectivity index (χ1) is 6.97. The molecule has 84 valence electrons. The summed E-state index contributed by atoms with van der Waals surface area (Å²) in [6.07, 6.45) is 0.685. The first-order valence-electron chi connectivity index (χ1n) is 4.94. The van der Waals surface area contributed by atoms with Crippen LogP contribution in [0.2, 0.25) is 0 Å². The molecule has 0 saturated heterocycles. The standard InChI is InChI=1S/C11H16O3S/c1-4-7-14-15(12,13)11-6-5-9(2)8-10(11)3/h5-6,8H,4,7H2,1-3H3. The van der Waals surface area contributed by atoms with Crippen molar-refractivity contribution in [2.24, 2.45) is 0 Å². The lowest BCUT2D eigenvalue weighted by Gasteiger charge is -2.07. The SMILES string of the molecule is CCCOS(=O)(=O)c1ccc(C)cc1C. The molecule has 0 aromatic heterocycles. The number of hydrogen-bond donors (Lipinski definition) is 0. The van der Waals surface area contributed by atoms with Gasteiger partial charge in [0.1, 0.15) is 0 Å². The summed E-state index contributed by atoms with van der Waals surface area (Å²) in [5.41, 5.74) is 1.77. The molecule has 0 amide bonds. The molecule has 4 heteroatoms. The molecule has 3 nitrogen and oxygen atoms in total. The summed E-state index contributed by atoms with van der Waals surface area (Å²) in [6.45, 7) is 5.80. The van der Waals surface area contributed by atoms with Gasteiger partial charge in [-0.15, -0.1) is 0 Å². The van der Waals surface area contributed by atoms with Crippen LogP contribution in [0.5, 0.6) is 0 Å². The Labute approximate surface area is 91.2 Å². The van der Waals surface area contributed by atoms with Crippen LogP contribution in [0.4, 0.5) is 0 Å². The Balaban J connectivity index is 3.05. The van der Waals surface area contributed by atoms with Crippen molar-refractivity contribution in [1.29, 1.82) is 0 Å². The molecule has 0 spiro atoms. The van der Waals surface area contributed by atoms with Gasteiger partial charge in [0.15, 0.2) is 0 Å². The Morgan fingerprint density at radius 1 is 1.27 bits per heavy atom. The highest BCUT2D eigenvalue weighted by atomic mass is 32.2. The molecule has 0 atom stereocenters. The largest absolute Gasteiger partial charge is 0.297 e. The molecular formula is C11H16O3S. The van der Waals surface area contributed by atoms with Gasteiger partial charge >= 0.3 is 0 Å². The maximum absolute atomic E-state index is 11.7. The van der Waals surface area contributed by atoms with E-state index in [1.165, 1.54) is 0 Å². The molecular weight excluding hydrogens is 212 g/mol. The van der Waals surface area contributed by atoms with Gasteiger partial charge < -0.3 is 0 Å². The van der Waals surface area contributed by atoms with Crippen molar-refractivity contribution in [2.75, 3.05) is 6.61 Å². The first-order valence-corrected chi connectivity index (χ1v) is 6.35. The Hall–Kier alpha value is -0.870. The summed E-state index contributed by atoms with van der Waals surface area (Å²) in [5, 5.41) is 0. The lowest BCUT2D eigenvalue weighted by atomic mass is 10.2. The summed E-state index contributed by atoms with van der Waals surface area (Å²) in [5.74, 6) is 0. The molecule has 15 heavy (non-hydrogen) atoms. The third-order valence-electron chi connectivity index (χ3n) is 2.04. The fourth-order valence-corrected chi connectivity index (χ4v) is 2.54. The highest BCUT2D eigenvalue weighted by molar-refractivity contribution is 7.86. The van der Waals surface area contributed by atoms with Gasteiger partial charge in [-0.3, -0.25) is 4.18 Å². The molecule has 0 bridgehead atoms. The molecule has 1 aromatic carbocycles. The van der Waals surface area contributed by atoms with Crippen molar-refractivity contribution in [1.82, 2.24) is 0 Å². The molecule has 1 aromatic rings. The average molecular weight is 228 g/mol. The van der Waals surface area contributed by atoms with Crippen LogP contribution in [-0.2, 0) is 14.3 Å². The van der Waals surface area contributed by atoms with E-state index in [-0.39, 0.29) is 11.5 Å². The molecule has 0 unspecified atom stereocenters. The van der Waals surface area contributed by atoms with E-state index in [1.807, 2.05) is 19.9 Å². The van der Waals surface area contributed by atoms with Crippen molar-refractivity contribution in [2.45, 2.75) is 32.1 Å². The van der Waals surface area contributed by atoms with Crippen molar-refractivity contribution in [3.8, 4) is 0 Å². The van der Waals surface area contributed by atoms with Crippen LogP contribution in [0.1, 0.15) is 24.5 Å². The van der Waals surface area contributed by atoms with Crippen LogP contribution < -0.4 is 0 Å². The second-order valence-corrected chi connectivity index (χ2v) is 5.13. The van der Waals surface area contributed by atoms with Gasteiger partial charge in [-0.25, -0.2) is 0 Å². The smallest absolute Gasteiger partial charge is 0.266 e. The Morgan fingerprint density at radius 3 is 2.47 bits per heavy atom. The van der Waals surface area contributed by atoms with E-state index in [1.54, 1.807) is 19.1 Å². The lowest BCUT2D eigenvalue weighted by Crippen LogP contribution is -2.08. The second-order valence-electron chi connectivity index (χ2n) is 3.55. The molecule has 0 aliphatic carbocycles.